The molecule has 0 atom stereocenters. The first-order valence-electron chi connectivity index (χ1n) is 7.31. The number of aryl methyl sites for hydroxylation is 1. The predicted molar refractivity (Wildman–Crippen MR) is 78.4 cm³/mol. The van der Waals surface area contributed by atoms with E-state index in [4.69, 9.17) is 0 Å². The maximum atomic E-state index is 11.8. The maximum Gasteiger partial charge on any atom is 0.219 e. The van der Waals surface area contributed by atoms with Crippen molar-refractivity contribution < 1.29 is 4.79 Å². The summed E-state index contributed by atoms with van der Waals surface area (Å²) in [6.07, 6.45) is 7.15. The molecule has 0 aliphatic heterocycles. The lowest BCUT2D eigenvalue weighted by molar-refractivity contribution is -0.131. The molecule has 0 spiro atoms. The van der Waals surface area contributed by atoms with Gasteiger partial charge in [-0.25, -0.2) is 4.68 Å². The number of carbonyl (C=O) groups is 1. The van der Waals surface area contributed by atoms with E-state index in [1.54, 1.807) is 23.4 Å². The maximum absolute atomic E-state index is 11.8. The average molecular weight is 297 g/mol. The molecule has 0 aromatic carbocycles. The molecule has 1 amide bonds. The summed E-state index contributed by atoms with van der Waals surface area (Å²) in [5.41, 5.74) is 0. The summed E-state index contributed by atoms with van der Waals surface area (Å²) in [7, 11) is 1.84. The minimum Gasteiger partial charge on any atom is -0.340 e. The number of amides is 1. The van der Waals surface area contributed by atoms with Crippen LogP contribution in [0.3, 0.4) is 0 Å². The van der Waals surface area contributed by atoms with Crippen molar-refractivity contribution in [3.05, 3.63) is 0 Å². The van der Waals surface area contributed by atoms with Crippen molar-refractivity contribution in [1.82, 2.24) is 25.1 Å². The first-order valence-corrected chi connectivity index (χ1v) is 8.29. The quantitative estimate of drug-likeness (QED) is 0.592. The monoisotopic (exact) mass is 297 g/mol. The number of thioether (sulfide) groups is 1. The molecule has 0 bridgehead atoms. The summed E-state index contributed by atoms with van der Waals surface area (Å²) < 4.78 is 1.68. The number of nitrogens with zero attached hydrogens (tertiary/aromatic N) is 5. The van der Waals surface area contributed by atoms with Crippen LogP contribution >= 0.6 is 11.8 Å². The normalized spacial score (nSPS) is 16.3. The van der Waals surface area contributed by atoms with Crippen molar-refractivity contribution in [2.75, 3.05) is 12.3 Å². The number of tetrazole rings is 1. The standard InChI is InChI=1S/C13H23N5OS/c1-11(19)18(12-7-4-3-5-8-12)9-6-10-20-13-14-15-16-17(13)2/h12H,3-10H2,1-2H3. The van der Waals surface area contributed by atoms with Crippen LogP contribution in [0.1, 0.15) is 45.4 Å². The van der Waals surface area contributed by atoms with Crippen LogP contribution in [0.5, 0.6) is 0 Å². The van der Waals surface area contributed by atoms with E-state index in [1.165, 1.54) is 32.1 Å². The lowest BCUT2D eigenvalue weighted by Gasteiger charge is -2.33. The molecule has 0 N–H and O–H groups in total. The van der Waals surface area contributed by atoms with E-state index in [1.807, 2.05) is 7.05 Å². The van der Waals surface area contributed by atoms with Gasteiger partial charge >= 0.3 is 0 Å². The van der Waals surface area contributed by atoms with Crippen molar-refractivity contribution >= 4 is 17.7 Å². The van der Waals surface area contributed by atoms with Crippen molar-refractivity contribution in [2.45, 2.75) is 56.6 Å². The lowest BCUT2D eigenvalue weighted by Crippen LogP contribution is -2.40. The first kappa shape index (κ1) is 15.3. The minimum atomic E-state index is 0.210. The Morgan fingerprint density at radius 3 is 2.75 bits per heavy atom. The molecule has 20 heavy (non-hydrogen) atoms. The minimum absolute atomic E-state index is 0.210. The molecular weight excluding hydrogens is 274 g/mol. The number of rotatable bonds is 6. The van der Waals surface area contributed by atoms with E-state index in [0.717, 1.165) is 23.9 Å². The Hall–Kier alpha value is -1.11. The summed E-state index contributed by atoms with van der Waals surface area (Å²) >= 11 is 1.64. The molecule has 2 rings (SSSR count). The average Bonchev–Trinajstić information content (AvgIpc) is 2.85. The SMILES string of the molecule is CC(=O)N(CCCSc1nnnn1C)C1CCCCC1. The zero-order chi connectivity index (χ0) is 14.4. The molecule has 1 saturated carbocycles. The molecule has 112 valence electrons. The summed E-state index contributed by atoms with van der Waals surface area (Å²) in [5, 5.41) is 12.2. The number of aromatic nitrogens is 4. The molecule has 7 heteroatoms. The first-order chi connectivity index (χ1) is 9.68. The summed E-state index contributed by atoms with van der Waals surface area (Å²) in [4.78, 5) is 13.9. The van der Waals surface area contributed by atoms with Gasteiger partial charge in [0, 0.05) is 32.3 Å². The smallest absolute Gasteiger partial charge is 0.219 e. The molecule has 1 aliphatic carbocycles. The van der Waals surface area contributed by atoms with E-state index in [-0.39, 0.29) is 5.91 Å². The van der Waals surface area contributed by atoms with Gasteiger partial charge in [-0.1, -0.05) is 31.0 Å². The summed E-state index contributed by atoms with van der Waals surface area (Å²) in [6, 6.07) is 0.461. The molecule has 1 aromatic heterocycles. The second kappa shape index (κ2) is 7.61. The van der Waals surface area contributed by atoms with Crippen LogP contribution in [-0.4, -0.2) is 49.4 Å². The zero-order valence-corrected chi connectivity index (χ0v) is 13.1. The van der Waals surface area contributed by atoms with Crippen LogP contribution in [0, 0.1) is 0 Å². The lowest BCUT2D eigenvalue weighted by atomic mass is 9.94. The molecule has 1 aliphatic rings. The second-order valence-corrected chi connectivity index (χ2v) is 6.35. The highest BCUT2D eigenvalue weighted by atomic mass is 32.2. The van der Waals surface area contributed by atoms with Gasteiger partial charge < -0.3 is 4.90 Å². The van der Waals surface area contributed by atoms with Gasteiger partial charge in [0.05, 0.1) is 0 Å². The van der Waals surface area contributed by atoms with Gasteiger partial charge in [-0.2, -0.15) is 0 Å². The molecule has 0 unspecified atom stereocenters. The van der Waals surface area contributed by atoms with Crippen LogP contribution in [-0.2, 0) is 11.8 Å². The van der Waals surface area contributed by atoms with Crippen LogP contribution in [0.2, 0.25) is 0 Å². The molecule has 0 saturated heterocycles. The fraction of sp³-hybridized carbons (Fsp3) is 0.846. The van der Waals surface area contributed by atoms with Gasteiger partial charge in [-0.05, 0) is 29.7 Å². The Kier molecular flexibility index (Phi) is 5.82. The van der Waals surface area contributed by atoms with E-state index in [0.29, 0.717) is 6.04 Å². The van der Waals surface area contributed by atoms with Crippen LogP contribution < -0.4 is 0 Å². The van der Waals surface area contributed by atoms with E-state index >= 15 is 0 Å². The van der Waals surface area contributed by atoms with E-state index < -0.39 is 0 Å². The summed E-state index contributed by atoms with van der Waals surface area (Å²) in [5.74, 6) is 1.15. The number of carbonyl (C=O) groups excluding carboxylic acids is 1. The fourth-order valence-corrected chi connectivity index (χ4v) is 3.51. The third kappa shape index (κ3) is 4.19. The Bertz CT molecular complexity index is 430. The molecule has 0 radical (unpaired) electrons. The van der Waals surface area contributed by atoms with E-state index in [9.17, 15) is 4.79 Å². The van der Waals surface area contributed by atoms with Crippen molar-refractivity contribution in [2.24, 2.45) is 7.05 Å². The Balaban J connectivity index is 1.74. The van der Waals surface area contributed by atoms with Crippen LogP contribution in [0.4, 0.5) is 0 Å². The van der Waals surface area contributed by atoms with Crippen LogP contribution in [0.25, 0.3) is 0 Å². The zero-order valence-electron chi connectivity index (χ0n) is 12.3. The second-order valence-electron chi connectivity index (χ2n) is 5.29. The van der Waals surface area contributed by atoms with Crippen molar-refractivity contribution in [1.29, 1.82) is 0 Å². The number of hydrogen-bond donors (Lipinski definition) is 0. The van der Waals surface area contributed by atoms with E-state index in [2.05, 4.69) is 20.4 Å². The van der Waals surface area contributed by atoms with Gasteiger partial charge in [0.25, 0.3) is 0 Å². The molecular formula is C13H23N5OS. The largest absolute Gasteiger partial charge is 0.340 e. The molecule has 6 nitrogen and oxygen atoms in total. The van der Waals surface area contributed by atoms with Gasteiger partial charge in [-0.3, -0.25) is 4.79 Å². The Morgan fingerprint density at radius 1 is 1.40 bits per heavy atom. The highest BCUT2D eigenvalue weighted by molar-refractivity contribution is 7.99. The Morgan fingerprint density at radius 2 is 2.15 bits per heavy atom. The number of hydrogen-bond acceptors (Lipinski definition) is 5. The van der Waals surface area contributed by atoms with Gasteiger partial charge in [-0.15, -0.1) is 5.10 Å². The fourth-order valence-electron chi connectivity index (χ4n) is 2.73. The van der Waals surface area contributed by atoms with Gasteiger partial charge in [0.2, 0.25) is 11.1 Å². The summed E-state index contributed by atoms with van der Waals surface area (Å²) in [6.45, 7) is 2.53. The predicted octanol–water partition coefficient (Wildman–Crippen LogP) is 1.87. The molecule has 1 aromatic rings. The van der Waals surface area contributed by atoms with Crippen molar-refractivity contribution in [3.63, 3.8) is 0 Å². The highest BCUT2D eigenvalue weighted by Crippen LogP contribution is 2.23. The third-order valence-electron chi connectivity index (χ3n) is 3.78. The topological polar surface area (TPSA) is 63.9 Å². The molecule has 1 heterocycles. The van der Waals surface area contributed by atoms with Gasteiger partial charge in [0.1, 0.15) is 0 Å². The van der Waals surface area contributed by atoms with Crippen LogP contribution in [0.15, 0.2) is 5.16 Å². The van der Waals surface area contributed by atoms with Crippen molar-refractivity contribution in [3.8, 4) is 0 Å². The molecule has 1 fully saturated rings. The highest BCUT2D eigenvalue weighted by Gasteiger charge is 2.22. The van der Waals surface area contributed by atoms with Gasteiger partial charge in [0.15, 0.2) is 0 Å². The Labute approximate surface area is 124 Å². The third-order valence-corrected chi connectivity index (χ3v) is 4.87.